The van der Waals surface area contributed by atoms with Crippen LogP contribution in [0.25, 0.3) is 0 Å². The second-order valence-corrected chi connectivity index (χ2v) is 6.23. The van der Waals surface area contributed by atoms with Crippen LogP contribution in [-0.4, -0.2) is 47.7 Å². The van der Waals surface area contributed by atoms with Crippen LogP contribution in [0.3, 0.4) is 0 Å². The maximum absolute atomic E-state index is 12.2. The Morgan fingerprint density at radius 1 is 1.35 bits per heavy atom. The molecule has 112 valence electrons. The summed E-state index contributed by atoms with van der Waals surface area (Å²) in [6.07, 6.45) is 6.84. The predicted octanol–water partition coefficient (Wildman–Crippen LogP) is 1.03. The van der Waals surface area contributed by atoms with Crippen LogP contribution in [0, 0.1) is 17.2 Å². The van der Waals surface area contributed by atoms with Crippen LogP contribution >= 0.6 is 0 Å². The number of hydrogen-bond acceptors (Lipinski definition) is 4. The SMILES string of the molecule is N#CC1(NC(=O)CN2CCC(CO)C2)CCCCCC1. The highest BCUT2D eigenvalue weighted by Crippen LogP contribution is 2.26. The average molecular weight is 279 g/mol. The summed E-state index contributed by atoms with van der Waals surface area (Å²) in [6.45, 7) is 2.18. The molecule has 0 aromatic heterocycles. The zero-order valence-electron chi connectivity index (χ0n) is 12.1. The molecule has 0 aromatic carbocycles. The van der Waals surface area contributed by atoms with E-state index in [4.69, 9.17) is 5.11 Å². The summed E-state index contributed by atoms with van der Waals surface area (Å²) in [5.74, 6) is 0.248. The molecule has 1 saturated heterocycles. The normalized spacial score (nSPS) is 26.7. The molecule has 1 heterocycles. The molecule has 2 fully saturated rings. The Hall–Kier alpha value is -1.12. The van der Waals surface area contributed by atoms with Gasteiger partial charge in [0.15, 0.2) is 0 Å². The number of likely N-dealkylation sites (tertiary alicyclic amines) is 1. The van der Waals surface area contributed by atoms with Gasteiger partial charge in [0.2, 0.25) is 5.91 Å². The lowest BCUT2D eigenvalue weighted by atomic mass is 9.92. The number of nitriles is 1. The Kier molecular flexibility index (Phi) is 5.38. The van der Waals surface area contributed by atoms with E-state index in [-0.39, 0.29) is 12.5 Å². The fraction of sp³-hybridized carbons (Fsp3) is 0.867. The number of nitrogens with one attached hydrogen (secondary N) is 1. The monoisotopic (exact) mass is 279 g/mol. The number of amides is 1. The molecule has 1 aliphatic heterocycles. The lowest BCUT2D eigenvalue weighted by Gasteiger charge is -2.27. The Labute approximate surface area is 120 Å². The molecule has 5 heteroatoms. The summed E-state index contributed by atoms with van der Waals surface area (Å²) in [6, 6.07) is 2.34. The third-order valence-corrected chi connectivity index (χ3v) is 4.55. The van der Waals surface area contributed by atoms with Crippen LogP contribution in [0.1, 0.15) is 44.9 Å². The molecule has 2 aliphatic rings. The first kappa shape index (κ1) is 15.3. The molecular weight excluding hydrogens is 254 g/mol. The summed E-state index contributed by atoms with van der Waals surface area (Å²) in [5, 5.41) is 21.5. The Balaban J connectivity index is 1.85. The molecular formula is C15H25N3O2. The first-order valence-electron chi connectivity index (χ1n) is 7.73. The Morgan fingerprint density at radius 2 is 2.05 bits per heavy atom. The van der Waals surface area contributed by atoms with Crippen molar-refractivity contribution in [2.45, 2.75) is 50.5 Å². The topological polar surface area (TPSA) is 76.4 Å². The number of rotatable bonds is 4. The minimum Gasteiger partial charge on any atom is -0.396 e. The molecule has 2 rings (SSSR count). The van der Waals surface area contributed by atoms with Crippen molar-refractivity contribution in [2.24, 2.45) is 5.92 Å². The quantitative estimate of drug-likeness (QED) is 0.754. The van der Waals surface area contributed by atoms with Gasteiger partial charge >= 0.3 is 0 Å². The van der Waals surface area contributed by atoms with E-state index in [1.54, 1.807) is 0 Å². The molecule has 1 aliphatic carbocycles. The average Bonchev–Trinajstić information content (AvgIpc) is 2.76. The molecule has 1 atom stereocenters. The van der Waals surface area contributed by atoms with Crippen molar-refractivity contribution in [1.29, 1.82) is 5.26 Å². The lowest BCUT2D eigenvalue weighted by molar-refractivity contribution is -0.123. The third-order valence-electron chi connectivity index (χ3n) is 4.55. The highest BCUT2D eigenvalue weighted by Gasteiger charge is 2.33. The zero-order chi connectivity index (χ0) is 14.4. The van der Waals surface area contributed by atoms with Crippen molar-refractivity contribution in [3.05, 3.63) is 0 Å². The molecule has 0 aromatic rings. The predicted molar refractivity (Wildman–Crippen MR) is 75.8 cm³/mol. The first-order valence-corrected chi connectivity index (χ1v) is 7.73. The van der Waals surface area contributed by atoms with Crippen molar-refractivity contribution in [3.63, 3.8) is 0 Å². The van der Waals surface area contributed by atoms with Gasteiger partial charge in [0, 0.05) is 13.2 Å². The molecule has 0 bridgehead atoms. The van der Waals surface area contributed by atoms with E-state index < -0.39 is 5.54 Å². The maximum Gasteiger partial charge on any atom is 0.235 e. The van der Waals surface area contributed by atoms with Crippen LogP contribution in [-0.2, 0) is 4.79 Å². The number of aliphatic hydroxyl groups excluding tert-OH is 1. The van der Waals surface area contributed by atoms with E-state index in [0.717, 1.165) is 58.0 Å². The third kappa shape index (κ3) is 3.94. The standard InChI is InChI=1S/C15H25N3O2/c16-12-15(6-3-1-2-4-7-15)17-14(20)10-18-8-5-13(9-18)11-19/h13,19H,1-11H2,(H,17,20). The van der Waals surface area contributed by atoms with Crippen molar-refractivity contribution < 1.29 is 9.90 Å². The van der Waals surface area contributed by atoms with Gasteiger partial charge in [-0.1, -0.05) is 25.7 Å². The van der Waals surface area contributed by atoms with Crippen LogP contribution < -0.4 is 5.32 Å². The minimum absolute atomic E-state index is 0.0490. The van der Waals surface area contributed by atoms with E-state index in [0.29, 0.717) is 12.5 Å². The van der Waals surface area contributed by atoms with Crippen LogP contribution in [0.15, 0.2) is 0 Å². The Bertz CT molecular complexity index is 370. The summed E-state index contributed by atoms with van der Waals surface area (Å²) >= 11 is 0. The Morgan fingerprint density at radius 3 is 2.60 bits per heavy atom. The van der Waals surface area contributed by atoms with Gasteiger partial charge in [-0.3, -0.25) is 9.69 Å². The summed E-state index contributed by atoms with van der Waals surface area (Å²) in [5.41, 5.74) is -0.649. The summed E-state index contributed by atoms with van der Waals surface area (Å²) in [4.78, 5) is 14.2. The van der Waals surface area contributed by atoms with Crippen molar-refractivity contribution in [2.75, 3.05) is 26.2 Å². The van der Waals surface area contributed by atoms with Gasteiger partial charge < -0.3 is 10.4 Å². The largest absolute Gasteiger partial charge is 0.396 e. The van der Waals surface area contributed by atoms with Crippen LogP contribution in [0.5, 0.6) is 0 Å². The fourth-order valence-electron chi connectivity index (χ4n) is 3.31. The van der Waals surface area contributed by atoms with Crippen molar-refractivity contribution in [1.82, 2.24) is 10.2 Å². The molecule has 0 radical (unpaired) electrons. The zero-order valence-corrected chi connectivity index (χ0v) is 12.1. The number of hydrogen-bond donors (Lipinski definition) is 2. The van der Waals surface area contributed by atoms with Gasteiger partial charge in [0.1, 0.15) is 5.54 Å². The molecule has 2 N–H and O–H groups in total. The summed E-state index contributed by atoms with van der Waals surface area (Å²) in [7, 11) is 0. The maximum atomic E-state index is 12.2. The second-order valence-electron chi connectivity index (χ2n) is 6.23. The van der Waals surface area contributed by atoms with Crippen molar-refractivity contribution >= 4 is 5.91 Å². The molecule has 1 amide bonds. The van der Waals surface area contributed by atoms with Gasteiger partial charge in [0.05, 0.1) is 12.6 Å². The molecule has 1 unspecified atom stereocenters. The number of aliphatic hydroxyl groups is 1. The highest BCUT2D eigenvalue weighted by molar-refractivity contribution is 5.79. The number of carbonyl (C=O) groups excluding carboxylic acids is 1. The van der Waals surface area contributed by atoms with Gasteiger partial charge in [-0.25, -0.2) is 0 Å². The van der Waals surface area contributed by atoms with Crippen LogP contribution in [0.2, 0.25) is 0 Å². The molecule has 1 saturated carbocycles. The van der Waals surface area contributed by atoms with E-state index in [2.05, 4.69) is 16.3 Å². The number of nitrogens with zero attached hydrogens (tertiary/aromatic N) is 2. The fourth-order valence-corrected chi connectivity index (χ4v) is 3.31. The smallest absolute Gasteiger partial charge is 0.235 e. The lowest BCUT2D eigenvalue weighted by Crippen LogP contribution is -2.50. The van der Waals surface area contributed by atoms with E-state index in [9.17, 15) is 10.1 Å². The van der Waals surface area contributed by atoms with Gasteiger partial charge in [-0.2, -0.15) is 5.26 Å². The first-order chi connectivity index (χ1) is 9.67. The number of carbonyl (C=O) groups is 1. The van der Waals surface area contributed by atoms with E-state index >= 15 is 0 Å². The van der Waals surface area contributed by atoms with E-state index in [1.807, 2.05) is 0 Å². The van der Waals surface area contributed by atoms with Crippen molar-refractivity contribution in [3.8, 4) is 6.07 Å². The van der Waals surface area contributed by atoms with Gasteiger partial charge in [-0.05, 0) is 31.7 Å². The molecule has 20 heavy (non-hydrogen) atoms. The molecule has 0 spiro atoms. The molecule has 5 nitrogen and oxygen atoms in total. The van der Waals surface area contributed by atoms with Crippen LogP contribution in [0.4, 0.5) is 0 Å². The highest BCUT2D eigenvalue weighted by atomic mass is 16.3. The van der Waals surface area contributed by atoms with E-state index in [1.165, 1.54) is 0 Å². The minimum atomic E-state index is -0.649. The van der Waals surface area contributed by atoms with Gasteiger partial charge in [0.25, 0.3) is 0 Å². The summed E-state index contributed by atoms with van der Waals surface area (Å²) < 4.78 is 0. The second kappa shape index (κ2) is 7.05. The van der Waals surface area contributed by atoms with Gasteiger partial charge in [-0.15, -0.1) is 0 Å².